The number of fused-ring (bicyclic) bond motifs is 2. The van der Waals surface area contributed by atoms with Gasteiger partial charge in [0.2, 0.25) is 0 Å². The van der Waals surface area contributed by atoms with Gasteiger partial charge in [0, 0.05) is 35.5 Å². The quantitative estimate of drug-likeness (QED) is 0.159. The van der Waals surface area contributed by atoms with Crippen LogP contribution in [0.25, 0.3) is 0 Å². The first-order valence-corrected chi connectivity index (χ1v) is 19.9. The summed E-state index contributed by atoms with van der Waals surface area (Å²) in [5.41, 5.74) is 2.60. The van der Waals surface area contributed by atoms with E-state index in [9.17, 15) is 24.6 Å². The Morgan fingerprint density at radius 1 is 1.12 bits per heavy atom. The molecule has 3 aromatic carbocycles. The van der Waals surface area contributed by atoms with Crippen LogP contribution < -0.4 is 15.0 Å². The molecule has 2 aliphatic heterocycles. The number of nitrogens with zero attached hydrogens (tertiary/aromatic N) is 4. The van der Waals surface area contributed by atoms with Gasteiger partial charge in [-0.1, -0.05) is 54.6 Å². The highest BCUT2D eigenvalue weighted by Crippen LogP contribution is 2.60. The van der Waals surface area contributed by atoms with Crippen molar-refractivity contribution in [3.63, 3.8) is 0 Å². The van der Waals surface area contributed by atoms with Gasteiger partial charge in [-0.3, -0.25) is 14.3 Å². The van der Waals surface area contributed by atoms with Gasteiger partial charge in [-0.2, -0.15) is 0 Å². The highest BCUT2D eigenvalue weighted by molar-refractivity contribution is 6.71. The summed E-state index contributed by atoms with van der Waals surface area (Å²) in [5.74, 6) is -0.847. The molecule has 264 valence electrons. The lowest BCUT2D eigenvalue weighted by Gasteiger charge is -2.32. The first-order chi connectivity index (χ1) is 23.9. The molecule has 0 aliphatic carbocycles. The van der Waals surface area contributed by atoms with E-state index in [0.717, 1.165) is 11.1 Å². The number of nitrogens with one attached hydrogen (secondary N) is 1. The monoisotopic (exact) mass is 699 g/mol. The minimum atomic E-state index is -2.91. The molecule has 2 amide bonds. The van der Waals surface area contributed by atoms with E-state index in [1.54, 1.807) is 34.9 Å². The number of aromatic nitrogens is 3. The van der Waals surface area contributed by atoms with E-state index in [0.29, 0.717) is 41.3 Å². The van der Waals surface area contributed by atoms with Gasteiger partial charge in [-0.15, -0.1) is 5.10 Å². The molecule has 13 heteroatoms. The normalized spacial score (nSPS) is 22.8. The minimum Gasteiger partial charge on any atom is -0.497 e. The van der Waals surface area contributed by atoms with Crippen molar-refractivity contribution in [2.24, 2.45) is 5.92 Å². The van der Waals surface area contributed by atoms with Crippen molar-refractivity contribution in [3.05, 3.63) is 101 Å². The zero-order chi connectivity index (χ0) is 35.8. The van der Waals surface area contributed by atoms with Gasteiger partial charge in [-0.25, -0.2) is 0 Å². The Morgan fingerprint density at radius 2 is 1.88 bits per heavy atom. The summed E-state index contributed by atoms with van der Waals surface area (Å²) in [7, 11) is -1.33. The summed E-state index contributed by atoms with van der Waals surface area (Å²) in [5, 5.41) is 31.2. The summed E-state index contributed by atoms with van der Waals surface area (Å²) in [6, 6.07) is 22.4. The number of hydrogen-bond donors (Lipinski definition) is 4. The maximum Gasteiger partial charge on any atom is 0.264 e. The fourth-order valence-corrected chi connectivity index (χ4v) is 10.3. The maximum absolute atomic E-state index is 14.8. The van der Waals surface area contributed by atoms with Crippen LogP contribution in [0.15, 0.2) is 79.0 Å². The number of methoxy groups -OCH3 is 1. The predicted molar refractivity (Wildman–Crippen MR) is 190 cm³/mol. The molecule has 1 fully saturated rings. The number of carbonyl (C=O) groups is 2. The molecular formula is C37H45N5O7Si. The van der Waals surface area contributed by atoms with Crippen LogP contribution in [-0.4, -0.2) is 76.1 Å². The van der Waals surface area contributed by atoms with E-state index in [-0.39, 0.29) is 36.4 Å². The fraction of sp³-hybridized carbons (Fsp3) is 0.405. The number of carbonyl (C=O) groups excluding carboxylic acids is 2. The van der Waals surface area contributed by atoms with E-state index in [4.69, 9.17) is 9.47 Å². The third-order valence-corrected chi connectivity index (χ3v) is 12.5. The lowest BCUT2D eigenvalue weighted by Crippen LogP contribution is -2.46. The van der Waals surface area contributed by atoms with Crippen LogP contribution in [0.1, 0.15) is 48.6 Å². The first-order valence-electron chi connectivity index (χ1n) is 16.9. The standard InChI is InChI=1S/C37H45N5O7Si/c1-23-34(50(4,5)47)33(16-17-41-21-31(39-40-41)29(22-43)26-11-7-6-8-12-26)49-37(23)30-19-28(48-3)14-15-32(30)42(36(37)46)20-25-10-9-13-27(18-25)38-35(45)24(2)44/h6-15,18-19,21,23-24,29,33-34,43-44,47H,16-17,20,22H2,1-5H3,(H,38,45)/t23-,24+,29?,33+,34-,37+/m1/s1. The smallest absolute Gasteiger partial charge is 0.264 e. The minimum absolute atomic E-state index is 0.108. The van der Waals surface area contributed by atoms with Crippen LogP contribution in [-0.2, 0) is 33.0 Å². The van der Waals surface area contributed by atoms with Crippen molar-refractivity contribution >= 4 is 31.5 Å². The number of aliphatic hydroxyl groups is 2. The highest BCUT2D eigenvalue weighted by atomic mass is 28.4. The van der Waals surface area contributed by atoms with Gasteiger partial charge >= 0.3 is 0 Å². The van der Waals surface area contributed by atoms with Crippen molar-refractivity contribution in [1.29, 1.82) is 0 Å². The van der Waals surface area contributed by atoms with Crippen LogP contribution >= 0.6 is 0 Å². The number of ether oxygens (including phenoxy) is 2. The highest BCUT2D eigenvalue weighted by Gasteiger charge is 2.66. The summed E-state index contributed by atoms with van der Waals surface area (Å²) >= 11 is 0. The number of rotatable bonds is 12. The first kappa shape index (κ1) is 35.4. The van der Waals surface area contributed by atoms with Crippen LogP contribution in [0.5, 0.6) is 5.75 Å². The Bertz CT molecular complexity index is 1850. The summed E-state index contributed by atoms with van der Waals surface area (Å²) in [4.78, 5) is 40.4. The predicted octanol–water partition coefficient (Wildman–Crippen LogP) is 4.17. The lowest BCUT2D eigenvalue weighted by molar-refractivity contribution is -0.146. The Morgan fingerprint density at radius 3 is 2.56 bits per heavy atom. The van der Waals surface area contributed by atoms with Crippen molar-refractivity contribution in [2.45, 2.75) is 75.7 Å². The molecule has 4 aromatic rings. The maximum atomic E-state index is 14.8. The van der Waals surface area contributed by atoms with Crippen molar-refractivity contribution < 1.29 is 34.1 Å². The number of aryl methyl sites for hydroxylation is 1. The van der Waals surface area contributed by atoms with Crippen molar-refractivity contribution in [1.82, 2.24) is 15.0 Å². The average Bonchev–Trinajstić information content (AvgIpc) is 3.74. The largest absolute Gasteiger partial charge is 0.497 e. The summed E-state index contributed by atoms with van der Waals surface area (Å²) < 4.78 is 14.3. The van der Waals surface area contributed by atoms with Crippen LogP contribution in [0.4, 0.5) is 11.4 Å². The van der Waals surface area contributed by atoms with Gasteiger partial charge in [0.05, 0.1) is 43.7 Å². The zero-order valence-electron chi connectivity index (χ0n) is 29.0. The molecule has 3 heterocycles. The van der Waals surface area contributed by atoms with Crippen molar-refractivity contribution in [3.8, 4) is 5.75 Å². The molecule has 4 N–H and O–H groups in total. The molecule has 1 spiro atoms. The second-order valence-corrected chi connectivity index (χ2v) is 17.8. The molecule has 2 aliphatic rings. The van der Waals surface area contributed by atoms with Gasteiger partial charge < -0.3 is 34.7 Å². The Labute approximate surface area is 292 Å². The van der Waals surface area contributed by atoms with Crippen LogP contribution in [0.3, 0.4) is 0 Å². The summed E-state index contributed by atoms with van der Waals surface area (Å²) in [6.07, 6.45) is 0.677. The molecular weight excluding hydrogens is 655 g/mol. The number of anilines is 2. The number of benzene rings is 3. The second kappa shape index (κ2) is 14.1. The fourth-order valence-electron chi connectivity index (χ4n) is 7.68. The van der Waals surface area contributed by atoms with Gasteiger partial charge in [0.25, 0.3) is 11.8 Å². The Balaban J connectivity index is 1.30. The molecule has 0 bridgehead atoms. The van der Waals surface area contributed by atoms with Crippen molar-refractivity contribution in [2.75, 3.05) is 23.9 Å². The SMILES string of the molecule is COc1ccc2c(c1)[C@]1(O[C@@H](CCn3cc(C(CO)c4ccccc4)nn3)[C@H]([Si](C)(C)O)[C@H]1C)C(=O)N2Cc1cccc(NC(=O)[C@H](C)O)c1. The third-order valence-electron chi connectivity index (χ3n) is 10.0. The summed E-state index contributed by atoms with van der Waals surface area (Å²) in [6.45, 7) is 7.70. The van der Waals surface area contributed by atoms with Crippen LogP contribution in [0, 0.1) is 5.92 Å². The van der Waals surface area contributed by atoms with Gasteiger partial charge in [0.15, 0.2) is 13.9 Å². The molecule has 0 saturated carbocycles. The van der Waals surface area contributed by atoms with E-state index >= 15 is 0 Å². The zero-order valence-corrected chi connectivity index (χ0v) is 30.0. The molecule has 1 saturated heterocycles. The molecule has 6 atom stereocenters. The van der Waals surface area contributed by atoms with E-state index in [1.807, 2.05) is 80.8 Å². The average molecular weight is 700 g/mol. The molecule has 1 unspecified atom stereocenters. The number of aliphatic hydroxyl groups excluding tert-OH is 2. The molecule has 12 nitrogen and oxygen atoms in total. The lowest BCUT2D eigenvalue weighted by atomic mass is 9.82. The molecule has 1 aromatic heterocycles. The molecule has 50 heavy (non-hydrogen) atoms. The topological polar surface area (TPSA) is 159 Å². The van der Waals surface area contributed by atoms with Gasteiger partial charge in [0.1, 0.15) is 11.9 Å². The van der Waals surface area contributed by atoms with E-state index < -0.39 is 32.0 Å². The Hall–Kier alpha value is -4.40. The molecule has 6 rings (SSSR count). The second-order valence-electron chi connectivity index (χ2n) is 13.8. The van der Waals surface area contributed by atoms with Gasteiger partial charge in [-0.05, 0) is 67.9 Å². The Kier molecular flexibility index (Phi) is 9.97. The van der Waals surface area contributed by atoms with Crippen LogP contribution in [0.2, 0.25) is 18.6 Å². The molecule has 0 radical (unpaired) electrons. The third kappa shape index (κ3) is 6.59. The number of amides is 2. The van der Waals surface area contributed by atoms with E-state index in [2.05, 4.69) is 15.6 Å². The van der Waals surface area contributed by atoms with E-state index in [1.165, 1.54) is 6.92 Å². The number of hydrogen-bond acceptors (Lipinski definition) is 9.